The molecule has 2 aromatic rings. The molecule has 1 aromatic heterocycles. The minimum absolute atomic E-state index is 0.236. The third-order valence-electron chi connectivity index (χ3n) is 3.29. The largest absolute Gasteiger partial charge is 0.497 e. The number of rotatable bonds is 5. The third kappa shape index (κ3) is 3.54. The molecule has 4 nitrogen and oxygen atoms in total. The maximum atomic E-state index is 12.3. The maximum absolute atomic E-state index is 12.3. The Labute approximate surface area is 133 Å². The van der Waals surface area contributed by atoms with Crippen LogP contribution in [0.2, 0.25) is 0 Å². The van der Waals surface area contributed by atoms with Gasteiger partial charge in [-0.3, -0.25) is 4.79 Å². The van der Waals surface area contributed by atoms with Gasteiger partial charge in [-0.2, -0.15) is 0 Å². The molecule has 22 heavy (non-hydrogen) atoms. The molecule has 0 unspecified atom stereocenters. The van der Waals surface area contributed by atoms with Gasteiger partial charge in [-0.25, -0.2) is 4.79 Å². The van der Waals surface area contributed by atoms with Gasteiger partial charge in [-0.15, -0.1) is 11.3 Å². The number of carbonyl (C=O) groups is 2. The van der Waals surface area contributed by atoms with E-state index in [1.165, 1.54) is 11.3 Å². The molecule has 1 aromatic carbocycles. The van der Waals surface area contributed by atoms with Crippen molar-refractivity contribution in [2.45, 2.75) is 26.9 Å². The van der Waals surface area contributed by atoms with E-state index in [1.807, 2.05) is 13.8 Å². The lowest BCUT2D eigenvalue weighted by molar-refractivity contribution is 0.0318. The fourth-order valence-corrected chi connectivity index (χ4v) is 3.01. The molecule has 0 bridgehead atoms. The van der Waals surface area contributed by atoms with Crippen molar-refractivity contribution in [2.75, 3.05) is 7.11 Å². The summed E-state index contributed by atoms with van der Waals surface area (Å²) in [6.45, 7) is 5.38. The first-order valence-corrected chi connectivity index (χ1v) is 7.70. The standard InChI is InChI=1S/C17H18O4S/c1-10-9-15(12(3)22-10)17(19)21-11(2)16(18)13-5-7-14(20-4)8-6-13/h5-9,11H,1-4H3/t11-/m1/s1. The van der Waals surface area contributed by atoms with Crippen molar-refractivity contribution in [1.29, 1.82) is 0 Å². The van der Waals surface area contributed by atoms with Crippen LogP contribution in [0.25, 0.3) is 0 Å². The van der Waals surface area contributed by atoms with E-state index < -0.39 is 12.1 Å². The summed E-state index contributed by atoms with van der Waals surface area (Å²) in [5.74, 6) is -0.0256. The molecule has 1 heterocycles. The van der Waals surface area contributed by atoms with E-state index in [1.54, 1.807) is 44.4 Å². The summed E-state index contributed by atoms with van der Waals surface area (Å²) in [5, 5.41) is 0. The molecule has 0 N–H and O–H groups in total. The van der Waals surface area contributed by atoms with Gasteiger partial charge < -0.3 is 9.47 Å². The van der Waals surface area contributed by atoms with E-state index in [0.29, 0.717) is 16.9 Å². The average Bonchev–Trinajstić information content (AvgIpc) is 2.85. The minimum Gasteiger partial charge on any atom is -0.497 e. The number of thiophene rings is 1. The lowest BCUT2D eigenvalue weighted by Crippen LogP contribution is -2.24. The topological polar surface area (TPSA) is 52.6 Å². The SMILES string of the molecule is COc1ccc(C(=O)[C@@H](C)OC(=O)c2cc(C)sc2C)cc1. The molecule has 0 aliphatic rings. The normalized spacial score (nSPS) is 11.8. The number of carbonyl (C=O) groups excluding carboxylic acids is 2. The fourth-order valence-electron chi connectivity index (χ4n) is 2.10. The van der Waals surface area contributed by atoms with Gasteiger partial charge in [0.15, 0.2) is 6.10 Å². The quantitative estimate of drug-likeness (QED) is 0.621. The number of methoxy groups -OCH3 is 1. The highest BCUT2D eigenvalue weighted by Gasteiger charge is 2.22. The zero-order valence-electron chi connectivity index (χ0n) is 13.0. The van der Waals surface area contributed by atoms with Crippen molar-refractivity contribution in [2.24, 2.45) is 0 Å². The van der Waals surface area contributed by atoms with Gasteiger partial charge in [0.1, 0.15) is 5.75 Å². The Balaban J connectivity index is 2.07. The Morgan fingerprint density at radius 3 is 2.27 bits per heavy atom. The maximum Gasteiger partial charge on any atom is 0.339 e. The van der Waals surface area contributed by atoms with Crippen molar-refractivity contribution in [1.82, 2.24) is 0 Å². The highest BCUT2D eigenvalue weighted by molar-refractivity contribution is 7.12. The number of benzene rings is 1. The molecule has 0 spiro atoms. The molecule has 0 amide bonds. The summed E-state index contributed by atoms with van der Waals surface area (Å²) in [6.07, 6.45) is -0.833. The van der Waals surface area contributed by atoms with Crippen molar-refractivity contribution in [3.8, 4) is 5.75 Å². The van der Waals surface area contributed by atoms with Crippen LogP contribution < -0.4 is 4.74 Å². The van der Waals surface area contributed by atoms with E-state index in [9.17, 15) is 9.59 Å². The van der Waals surface area contributed by atoms with Crippen molar-refractivity contribution in [3.63, 3.8) is 0 Å². The first-order chi connectivity index (χ1) is 10.4. The molecule has 2 rings (SSSR count). The number of hydrogen-bond donors (Lipinski definition) is 0. The first kappa shape index (κ1) is 16.2. The van der Waals surface area contributed by atoms with Crippen molar-refractivity contribution in [3.05, 3.63) is 51.2 Å². The number of Topliss-reactive ketones (excluding diaryl/α,β-unsaturated/α-hetero) is 1. The van der Waals surface area contributed by atoms with Crippen LogP contribution in [-0.4, -0.2) is 25.0 Å². The van der Waals surface area contributed by atoms with E-state index in [0.717, 1.165) is 9.75 Å². The van der Waals surface area contributed by atoms with Crippen LogP contribution in [0.3, 0.4) is 0 Å². The molecule has 0 aliphatic carbocycles. The Hall–Kier alpha value is -2.14. The van der Waals surface area contributed by atoms with Crippen LogP contribution in [-0.2, 0) is 4.74 Å². The van der Waals surface area contributed by atoms with E-state index in [4.69, 9.17) is 9.47 Å². The Morgan fingerprint density at radius 1 is 1.14 bits per heavy atom. The summed E-state index contributed by atoms with van der Waals surface area (Å²) >= 11 is 1.53. The number of ketones is 1. The minimum atomic E-state index is -0.833. The Morgan fingerprint density at radius 2 is 1.77 bits per heavy atom. The predicted molar refractivity (Wildman–Crippen MR) is 86.0 cm³/mol. The number of aryl methyl sites for hydroxylation is 2. The summed E-state index contributed by atoms with van der Waals surface area (Å²) in [6, 6.07) is 8.51. The van der Waals surface area contributed by atoms with Gasteiger partial charge in [0, 0.05) is 15.3 Å². The van der Waals surface area contributed by atoms with Gasteiger partial charge in [-0.1, -0.05) is 0 Å². The summed E-state index contributed by atoms with van der Waals surface area (Å²) in [7, 11) is 1.56. The van der Waals surface area contributed by atoms with Gasteiger partial charge in [0.05, 0.1) is 12.7 Å². The Bertz CT molecular complexity index is 685. The van der Waals surface area contributed by atoms with Crippen LogP contribution in [0.1, 0.15) is 37.4 Å². The molecular formula is C17H18O4S. The third-order valence-corrected chi connectivity index (χ3v) is 4.25. The second kappa shape index (κ2) is 6.75. The van der Waals surface area contributed by atoms with Gasteiger partial charge >= 0.3 is 5.97 Å². The molecule has 0 radical (unpaired) electrons. The lowest BCUT2D eigenvalue weighted by Gasteiger charge is -2.12. The van der Waals surface area contributed by atoms with Crippen molar-refractivity contribution < 1.29 is 19.1 Å². The van der Waals surface area contributed by atoms with Crippen LogP contribution in [0.5, 0.6) is 5.75 Å². The van der Waals surface area contributed by atoms with E-state index >= 15 is 0 Å². The molecular weight excluding hydrogens is 300 g/mol. The van der Waals surface area contributed by atoms with Crippen LogP contribution in [0.4, 0.5) is 0 Å². The second-order valence-electron chi connectivity index (χ2n) is 4.97. The summed E-state index contributed by atoms with van der Waals surface area (Å²) in [4.78, 5) is 26.4. The number of hydrogen-bond acceptors (Lipinski definition) is 5. The molecule has 0 saturated heterocycles. The summed E-state index contributed by atoms with van der Waals surface area (Å²) < 4.78 is 10.3. The molecule has 0 saturated carbocycles. The monoisotopic (exact) mass is 318 g/mol. The molecule has 0 fully saturated rings. The van der Waals surface area contributed by atoms with E-state index in [2.05, 4.69) is 0 Å². The number of ether oxygens (including phenoxy) is 2. The summed E-state index contributed by atoms with van der Waals surface area (Å²) in [5.41, 5.74) is 1.01. The molecule has 5 heteroatoms. The van der Waals surface area contributed by atoms with Crippen LogP contribution in [0, 0.1) is 13.8 Å². The fraction of sp³-hybridized carbons (Fsp3) is 0.294. The van der Waals surface area contributed by atoms with Gasteiger partial charge in [0.2, 0.25) is 5.78 Å². The van der Waals surface area contributed by atoms with Gasteiger partial charge in [-0.05, 0) is 51.1 Å². The van der Waals surface area contributed by atoms with Crippen LogP contribution >= 0.6 is 11.3 Å². The van der Waals surface area contributed by atoms with Crippen LogP contribution in [0.15, 0.2) is 30.3 Å². The smallest absolute Gasteiger partial charge is 0.339 e. The van der Waals surface area contributed by atoms with E-state index in [-0.39, 0.29) is 5.78 Å². The molecule has 1 atom stereocenters. The first-order valence-electron chi connectivity index (χ1n) is 6.88. The molecule has 0 aliphatic heterocycles. The highest BCUT2D eigenvalue weighted by Crippen LogP contribution is 2.22. The number of esters is 1. The zero-order chi connectivity index (χ0) is 16.3. The predicted octanol–water partition coefficient (Wildman–Crippen LogP) is 3.80. The highest BCUT2D eigenvalue weighted by atomic mass is 32.1. The lowest BCUT2D eigenvalue weighted by atomic mass is 10.1. The van der Waals surface area contributed by atoms with Crippen molar-refractivity contribution >= 4 is 23.1 Å². The zero-order valence-corrected chi connectivity index (χ0v) is 13.8. The Kier molecular flexibility index (Phi) is 4.98. The molecule has 116 valence electrons. The average molecular weight is 318 g/mol. The second-order valence-corrected chi connectivity index (χ2v) is 6.43. The van der Waals surface area contributed by atoms with Gasteiger partial charge in [0.25, 0.3) is 0 Å².